The fourth-order valence-electron chi connectivity index (χ4n) is 2.72. The van der Waals surface area contributed by atoms with Crippen LogP contribution in [0.15, 0.2) is 42.5 Å². The molecule has 0 radical (unpaired) electrons. The van der Waals surface area contributed by atoms with E-state index >= 15 is 0 Å². The van der Waals surface area contributed by atoms with Crippen molar-refractivity contribution in [3.05, 3.63) is 53.6 Å². The van der Waals surface area contributed by atoms with Crippen LogP contribution in [0.25, 0.3) is 0 Å². The fraction of sp³-hybridized carbons (Fsp3) is 0.381. The van der Waals surface area contributed by atoms with Crippen LogP contribution in [0, 0.1) is 0 Å². The summed E-state index contributed by atoms with van der Waals surface area (Å²) in [6.45, 7) is 1.30. The van der Waals surface area contributed by atoms with Gasteiger partial charge in [0.15, 0.2) is 11.5 Å². The van der Waals surface area contributed by atoms with Gasteiger partial charge in [-0.1, -0.05) is 18.2 Å². The minimum Gasteiger partial charge on any atom is -0.497 e. The third kappa shape index (κ3) is 5.89. The predicted molar refractivity (Wildman–Crippen MR) is 104 cm³/mol. The minimum absolute atomic E-state index is 0.357. The Labute approximate surface area is 160 Å². The highest BCUT2D eigenvalue weighted by Gasteiger charge is 2.21. The first-order valence-electron chi connectivity index (χ1n) is 8.75. The summed E-state index contributed by atoms with van der Waals surface area (Å²) < 4.78 is 16.3. The zero-order valence-corrected chi connectivity index (χ0v) is 16.3. The minimum atomic E-state index is -0.869. The highest BCUT2D eigenvalue weighted by atomic mass is 16.5. The van der Waals surface area contributed by atoms with Crippen molar-refractivity contribution in [2.24, 2.45) is 0 Å². The standard InChI is InChI=1S/C21H27NO5/c1-22(2)11-12-27-20-14-15(5-10-19(20)26-4)13-18(21(23)24)16-6-8-17(25-3)9-7-16/h5-10,14,18H,11-13H2,1-4H3,(H,23,24). The van der Waals surface area contributed by atoms with Gasteiger partial charge >= 0.3 is 5.97 Å². The molecule has 0 fully saturated rings. The number of aliphatic carboxylic acids is 1. The molecule has 146 valence electrons. The lowest BCUT2D eigenvalue weighted by Crippen LogP contribution is -2.19. The molecule has 0 saturated heterocycles. The van der Waals surface area contributed by atoms with E-state index in [9.17, 15) is 9.90 Å². The molecule has 0 spiro atoms. The molecule has 0 amide bonds. The number of likely N-dealkylation sites (N-methyl/N-ethyl adjacent to an activating group) is 1. The van der Waals surface area contributed by atoms with Crippen molar-refractivity contribution in [1.82, 2.24) is 4.90 Å². The fourth-order valence-corrected chi connectivity index (χ4v) is 2.72. The van der Waals surface area contributed by atoms with Crippen molar-refractivity contribution in [3.8, 4) is 17.2 Å². The first-order chi connectivity index (χ1) is 12.9. The first kappa shape index (κ1) is 20.6. The molecule has 0 aliphatic heterocycles. The average molecular weight is 373 g/mol. The molecule has 2 aromatic carbocycles. The van der Waals surface area contributed by atoms with E-state index in [1.807, 2.05) is 37.2 Å². The van der Waals surface area contributed by atoms with Gasteiger partial charge in [0, 0.05) is 6.54 Å². The SMILES string of the molecule is COc1ccc(C(Cc2ccc(OC)c(OCCN(C)C)c2)C(=O)O)cc1. The van der Waals surface area contributed by atoms with Crippen molar-refractivity contribution in [2.75, 3.05) is 41.5 Å². The molecule has 0 bridgehead atoms. The number of carboxylic acids is 1. The number of hydrogen-bond donors (Lipinski definition) is 1. The second-order valence-electron chi connectivity index (χ2n) is 6.51. The molecule has 0 aliphatic rings. The monoisotopic (exact) mass is 373 g/mol. The van der Waals surface area contributed by atoms with Gasteiger partial charge in [-0.25, -0.2) is 0 Å². The van der Waals surface area contributed by atoms with E-state index in [0.29, 0.717) is 30.3 Å². The van der Waals surface area contributed by atoms with Gasteiger partial charge in [-0.15, -0.1) is 0 Å². The largest absolute Gasteiger partial charge is 0.497 e. The zero-order chi connectivity index (χ0) is 19.8. The maximum absolute atomic E-state index is 11.8. The number of methoxy groups -OCH3 is 2. The third-order valence-electron chi connectivity index (χ3n) is 4.28. The summed E-state index contributed by atoms with van der Waals surface area (Å²) in [7, 11) is 7.12. The Hall–Kier alpha value is -2.73. The van der Waals surface area contributed by atoms with Gasteiger partial charge in [-0.3, -0.25) is 4.79 Å². The highest BCUT2D eigenvalue weighted by molar-refractivity contribution is 5.76. The molecule has 0 saturated carbocycles. The molecule has 0 aromatic heterocycles. The van der Waals surface area contributed by atoms with Gasteiger partial charge in [0.1, 0.15) is 12.4 Å². The summed E-state index contributed by atoms with van der Waals surface area (Å²) in [6, 6.07) is 12.7. The molecule has 1 atom stereocenters. The van der Waals surface area contributed by atoms with E-state index in [-0.39, 0.29) is 0 Å². The van der Waals surface area contributed by atoms with Crippen LogP contribution in [0.2, 0.25) is 0 Å². The Balaban J connectivity index is 2.20. The Kier molecular flexibility index (Phi) is 7.49. The molecule has 0 heterocycles. The molecular weight excluding hydrogens is 346 g/mol. The van der Waals surface area contributed by atoms with Crippen LogP contribution in [-0.2, 0) is 11.2 Å². The van der Waals surface area contributed by atoms with Crippen LogP contribution >= 0.6 is 0 Å². The second-order valence-corrected chi connectivity index (χ2v) is 6.51. The van der Waals surface area contributed by atoms with Crippen LogP contribution in [0.3, 0.4) is 0 Å². The van der Waals surface area contributed by atoms with E-state index in [4.69, 9.17) is 14.2 Å². The Bertz CT molecular complexity index is 743. The number of benzene rings is 2. The second kappa shape index (κ2) is 9.83. The van der Waals surface area contributed by atoms with E-state index in [2.05, 4.69) is 0 Å². The first-order valence-corrected chi connectivity index (χ1v) is 8.75. The van der Waals surface area contributed by atoms with Crippen LogP contribution in [-0.4, -0.2) is 57.4 Å². The van der Waals surface area contributed by atoms with Crippen molar-refractivity contribution in [1.29, 1.82) is 0 Å². The summed E-state index contributed by atoms with van der Waals surface area (Å²) in [5, 5.41) is 9.69. The lowest BCUT2D eigenvalue weighted by Gasteiger charge is -2.17. The van der Waals surface area contributed by atoms with Gasteiger partial charge in [0.2, 0.25) is 0 Å². The van der Waals surface area contributed by atoms with Gasteiger partial charge in [0.25, 0.3) is 0 Å². The van der Waals surface area contributed by atoms with Gasteiger partial charge in [-0.2, -0.15) is 0 Å². The lowest BCUT2D eigenvalue weighted by atomic mass is 9.92. The number of nitrogens with zero attached hydrogens (tertiary/aromatic N) is 1. The smallest absolute Gasteiger partial charge is 0.311 e. The van der Waals surface area contributed by atoms with Crippen LogP contribution in [0.1, 0.15) is 17.0 Å². The summed E-state index contributed by atoms with van der Waals surface area (Å²) in [4.78, 5) is 13.8. The maximum atomic E-state index is 11.8. The van der Waals surface area contributed by atoms with E-state index in [1.165, 1.54) is 0 Å². The van der Waals surface area contributed by atoms with Gasteiger partial charge < -0.3 is 24.2 Å². The molecule has 27 heavy (non-hydrogen) atoms. The molecule has 2 aromatic rings. The Morgan fingerprint density at radius 1 is 1.04 bits per heavy atom. The lowest BCUT2D eigenvalue weighted by molar-refractivity contribution is -0.138. The number of carbonyl (C=O) groups is 1. The molecule has 1 unspecified atom stereocenters. The van der Waals surface area contributed by atoms with E-state index in [1.54, 1.807) is 38.5 Å². The van der Waals surface area contributed by atoms with E-state index in [0.717, 1.165) is 17.7 Å². The molecule has 0 aliphatic carbocycles. The van der Waals surface area contributed by atoms with Crippen LogP contribution in [0.5, 0.6) is 17.2 Å². The topological polar surface area (TPSA) is 68.2 Å². The predicted octanol–water partition coefficient (Wildman–Crippen LogP) is 3.06. The number of hydrogen-bond acceptors (Lipinski definition) is 5. The van der Waals surface area contributed by atoms with Gasteiger partial charge in [0.05, 0.1) is 20.1 Å². The van der Waals surface area contributed by atoms with Crippen molar-refractivity contribution >= 4 is 5.97 Å². The van der Waals surface area contributed by atoms with Crippen LogP contribution in [0.4, 0.5) is 0 Å². The van der Waals surface area contributed by atoms with E-state index < -0.39 is 11.9 Å². The summed E-state index contributed by atoms with van der Waals surface area (Å²) in [6.07, 6.45) is 0.357. The highest BCUT2D eigenvalue weighted by Crippen LogP contribution is 2.31. The molecule has 6 heteroatoms. The zero-order valence-electron chi connectivity index (χ0n) is 16.3. The summed E-state index contributed by atoms with van der Waals surface area (Å²) in [5.41, 5.74) is 1.60. The van der Waals surface area contributed by atoms with Crippen molar-refractivity contribution in [3.63, 3.8) is 0 Å². The maximum Gasteiger partial charge on any atom is 0.311 e. The number of carboxylic acid groups (broad SMARTS) is 1. The third-order valence-corrected chi connectivity index (χ3v) is 4.28. The average Bonchev–Trinajstić information content (AvgIpc) is 2.66. The molecule has 2 rings (SSSR count). The number of rotatable bonds is 10. The normalized spacial score (nSPS) is 11.9. The van der Waals surface area contributed by atoms with Crippen LogP contribution < -0.4 is 14.2 Å². The van der Waals surface area contributed by atoms with Crippen molar-refractivity contribution in [2.45, 2.75) is 12.3 Å². The van der Waals surface area contributed by atoms with Gasteiger partial charge in [-0.05, 0) is 55.9 Å². The van der Waals surface area contributed by atoms with Crippen molar-refractivity contribution < 1.29 is 24.1 Å². The Morgan fingerprint density at radius 2 is 1.74 bits per heavy atom. The summed E-state index contributed by atoms with van der Waals surface area (Å²) >= 11 is 0. The number of ether oxygens (including phenoxy) is 3. The molecular formula is C21H27NO5. The summed E-state index contributed by atoms with van der Waals surface area (Å²) in [5.74, 6) is 0.429. The Morgan fingerprint density at radius 3 is 2.30 bits per heavy atom. The molecule has 1 N–H and O–H groups in total. The molecule has 6 nitrogen and oxygen atoms in total. The quantitative estimate of drug-likeness (QED) is 0.690.